The van der Waals surface area contributed by atoms with Crippen LogP contribution >= 0.6 is 23.5 Å². The summed E-state index contributed by atoms with van der Waals surface area (Å²) < 4.78 is 1.81. The van der Waals surface area contributed by atoms with Gasteiger partial charge in [0.15, 0.2) is 5.16 Å². The molecule has 5 heteroatoms. The van der Waals surface area contributed by atoms with Gasteiger partial charge in [-0.05, 0) is 62.1 Å². The van der Waals surface area contributed by atoms with Gasteiger partial charge in [0.2, 0.25) is 0 Å². The van der Waals surface area contributed by atoms with Crippen molar-refractivity contribution in [2.75, 3.05) is 5.75 Å². The fourth-order valence-electron chi connectivity index (χ4n) is 3.59. The van der Waals surface area contributed by atoms with Crippen molar-refractivity contribution in [1.29, 1.82) is 0 Å². The predicted octanol–water partition coefficient (Wildman–Crippen LogP) is 5.41. The highest BCUT2D eigenvalue weighted by atomic mass is 32.2. The minimum absolute atomic E-state index is 0.0703. The third kappa shape index (κ3) is 3.78. The van der Waals surface area contributed by atoms with Crippen LogP contribution in [0.5, 0.6) is 0 Å². The van der Waals surface area contributed by atoms with Crippen LogP contribution in [0.15, 0.2) is 51.2 Å². The second-order valence-corrected chi connectivity index (χ2v) is 9.52. The predicted molar refractivity (Wildman–Crippen MR) is 119 cm³/mol. The summed E-state index contributed by atoms with van der Waals surface area (Å²) in [5, 5.41) is 0.789. The zero-order valence-electron chi connectivity index (χ0n) is 16.7. The van der Waals surface area contributed by atoms with Gasteiger partial charge in [0.25, 0.3) is 5.56 Å². The van der Waals surface area contributed by atoms with Crippen LogP contribution in [0.2, 0.25) is 0 Å². The van der Waals surface area contributed by atoms with Crippen LogP contribution in [-0.4, -0.2) is 15.3 Å². The van der Waals surface area contributed by atoms with E-state index in [4.69, 9.17) is 4.98 Å². The molecule has 4 rings (SSSR count). The average molecular weight is 409 g/mol. The molecule has 0 bridgehead atoms. The Kier molecular flexibility index (Phi) is 5.39. The Morgan fingerprint density at radius 2 is 1.79 bits per heavy atom. The lowest BCUT2D eigenvalue weighted by atomic mass is 10.1. The largest absolute Gasteiger partial charge is 0.272 e. The van der Waals surface area contributed by atoms with Crippen LogP contribution in [-0.2, 0) is 12.2 Å². The second kappa shape index (κ2) is 7.80. The van der Waals surface area contributed by atoms with Gasteiger partial charge in [0.05, 0.1) is 16.3 Å². The molecule has 0 N–H and O–H groups in total. The van der Waals surface area contributed by atoms with E-state index in [0.29, 0.717) is 0 Å². The standard InChI is InChI=1S/C23H24N2OS2/c1-14-5-6-17(4)18(10-14)13-28-23-24-20-7-8-27-21(20)22(26)25(23)19-11-15(2)9-16(3)12-19/h5-6,9-12H,7-8,13H2,1-4H3. The van der Waals surface area contributed by atoms with Crippen LogP contribution in [0.4, 0.5) is 0 Å². The van der Waals surface area contributed by atoms with E-state index >= 15 is 0 Å². The molecule has 0 amide bonds. The molecular formula is C23H24N2OS2. The van der Waals surface area contributed by atoms with Gasteiger partial charge < -0.3 is 0 Å². The van der Waals surface area contributed by atoms with Crippen molar-refractivity contribution < 1.29 is 0 Å². The van der Waals surface area contributed by atoms with Crippen molar-refractivity contribution in [3.63, 3.8) is 0 Å². The summed E-state index contributed by atoms with van der Waals surface area (Å²) in [4.78, 5) is 19.1. The fraction of sp³-hybridized carbons (Fsp3) is 0.304. The van der Waals surface area contributed by atoms with Gasteiger partial charge in [-0.1, -0.05) is 41.6 Å². The van der Waals surface area contributed by atoms with Crippen LogP contribution in [0.25, 0.3) is 5.69 Å². The number of hydrogen-bond donors (Lipinski definition) is 0. The molecule has 3 aromatic rings. The molecule has 1 aliphatic rings. The summed E-state index contributed by atoms with van der Waals surface area (Å²) in [6.45, 7) is 8.39. The third-order valence-electron chi connectivity index (χ3n) is 4.99. The molecule has 0 unspecified atom stereocenters. The smallest absolute Gasteiger partial charge is 0.268 e. The third-order valence-corrected chi connectivity index (χ3v) is 7.09. The molecule has 144 valence electrons. The molecule has 2 heterocycles. The zero-order chi connectivity index (χ0) is 19.8. The molecule has 0 fully saturated rings. The van der Waals surface area contributed by atoms with Crippen LogP contribution in [0.3, 0.4) is 0 Å². The lowest BCUT2D eigenvalue weighted by molar-refractivity contribution is 0.738. The van der Waals surface area contributed by atoms with E-state index < -0.39 is 0 Å². The minimum Gasteiger partial charge on any atom is -0.268 e. The molecule has 0 spiro atoms. The Balaban J connectivity index is 1.81. The second-order valence-electron chi connectivity index (χ2n) is 7.47. The number of aromatic nitrogens is 2. The number of thioether (sulfide) groups is 2. The Labute approximate surface area is 174 Å². The van der Waals surface area contributed by atoms with Crippen molar-refractivity contribution >= 4 is 23.5 Å². The number of rotatable bonds is 4. The first-order chi connectivity index (χ1) is 13.4. The maximum atomic E-state index is 13.3. The number of fused-ring (bicyclic) bond motifs is 1. The van der Waals surface area contributed by atoms with Crippen LogP contribution < -0.4 is 5.56 Å². The maximum absolute atomic E-state index is 13.3. The summed E-state index contributed by atoms with van der Waals surface area (Å²) in [5.41, 5.74) is 8.07. The number of nitrogens with zero attached hydrogens (tertiary/aromatic N) is 2. The molecular weight excluding hydrogens is 384 g/mol. The van der Waals surface area contributed by atoms with Crippen molar-refractivity contribution in [2.45, 2.75) is 49.9 Å². The van der Waals surface area contributed by atoms with Gasteiger partial charge in [0, 0.05) is 17.9 Å². The molecule has 0 aliphatic carbocycles. The van der Waals surface area contributed by atoms with E-state index in [-0.39, 0.29) is 5.56 Å². The number of benzene rings is 2. The highest BCUT2D eigenvalue weighted by Crippen LogP contribution is 2.31. The molecule has 28 heavy (non-hydrogen) atoms. The van der Waals surface area contributed by atoms with E-state index in [1.807, 2.05) is 4.57 Å². The quantitative estimate of drug-likeness (QED) is 0.427. The van der Waals surface area contributed by atoms with E-state index in [2.05, 4.69) is 64.1 Å². The van der Waals surface area contributed by atoms with Crippen molar-refractivity contribution in [2.24, 2.45) is 0 Å². The van der Waals surface area contributed by atoms with E-state index in [1.54, 1.807) is 23.5 Å². The highest BCUT2D eigenvalue weighted by molar-refractivity contribution is 7.99. The van der Waals surface area contributed by atoms with Gasteiger partial charge in [-0.2, -0.15) is 0 Å². The average Bonchev–Trinajstić information content (AvgIpc) is 3.10. The monoisotopic (exact) mass is 408 g/mol. The Bertz CT molecular complexity index is 1100. The molecule has 0 saturated carbocycles. The molecule has 0 saturated heterocycles. The Morgan fingerprint density at radius 3 is 2.54 bits per heavy atom. The summed E-state index contributed by atoms with van der Waals surface area (Å²) in [6.07, 6.45) is 0.875. The molecule has 0 radical (unpaired) electrons. The first-order valence-electron chi connectivity index (χ1n) is 9.48. The minimum atomic E-state index is 0.0703. The first kappa shape index (κ1) is 19.3. The Morgan fingerprint density at radius 1 is 1.04 bits per heavy atom. The topological polar surface area (TPSA) is 34.9 Å². The molecule has 1 aromatic heterocycles. The van der Waals surface area contributed by atoms with Crippen LogP contribution in [0.1, 0.15) is 33.5 Å². The van der Waals surface area contributed by atoms with Crippen molar-refractivity contribution in [3.8, 4) is 5.69 Å². The normalized spacial score (nSPS) is 13.0. The summed E-state index contributed by atoms with van der Waals surface area (Å²) in [7, 11) is 0. The van der Waals surface area contributed by atoms with Crippen molar-refractivity contribution in [1.82, 2.24) is 9.55 Å². The summed E-state index contributed by atoms with van der Waals surface area (Å²) in [6, 6.07) is 12.8. The van der Waals surface area contributed by atoms with Gasteiger partial charge >= 0.3 is 0 Å². The molecule has 0 atom stereocenters. The lowest BCUT2D eigenvalue weighted by Crippen LogP contribution is -2.24. The molecule has 2 aromatic carbocycles. The summed E-state index contributed by atoms with van der Waals surface area (Å²) in [5.74, 6) is 1.74. The van der Waals surface area contributed by atoms with E-state index in [0.717, 1.165) is 50.5 Å². The van der Waals surface area contributed by atoms with E-state index in [9.17, 15) is 4.79 Å². The van der Waals surface area contributed by atoms with Gasteiger partial charge in [-0.25, -0.2) is 4.98 Å². The molecule has 1 aliphatic heterocycles. The number of hydrogen-bond acceptors (Lipinski definition) is 4. The van der Waals surface area contributed by atoms with Gasteiger partial charge in [0.1, 0.15) is 0 Å². The zero-order valence-corrected chi connectivity index (χ0v) is 18.3. The van der Waals surface area contributed by atoms with Crippen molar-refractivity contribution in [3.05, 3.63) is 80.3 Å². The Hall–Kier alpha value is -1.98. The van der Waals surface area contributed by atoms with E-state index in [1.165, 1.54) is 16.7 Å². The lowest BCUT2D eigenvalue weighted by Gasteiger charge is -2.15. The highest BCUT2D eigenvalue weighted by Gasteiger charge is 2.23. The number of aryl methyl sites for hydroxylation is 5. The van der Waals surface area contributed by atoms with Gasteiger partial charge in [-0.15, -0.1) is 11.8 Å². The van der Waals surface area contributed by atoms with Crippen LogP contribution in [0, 0.1) is 27.7 Å². The summed E-state index contributed by atoms with van der Waals surface area (Å²) >= 11 is 3.29. The SMILES string of the molecule is Cc1cc(C)cc(-n2c(SCc3cc(C)ccc3C)nc3c(c2=O)SCC3)c1. The molecule has 3 nitrogen and oxygen atoms in total. The van der Waals surface area contributed by atoms with Gasteiger partial charge in [-0.3, -0.25) is 9.36 Å². The maximum Gasteiger partial charge on any atom is 0.272 e. The first-order valence-corrected chi connectivity index (χ1v) is 11.5. The fourth-order valence-corrected chi connectivity index (χ4v) is 5.71.